The topological polar surface area (TPSA) is 134 Å². The van der Waals surface area contributed by atoms with E-state index in [1.54, 1.807) is 5.38 Å². The fraction of sp³-hybridized carbons (Fsp3) is 0.333. The molecule has 9 heteroatoms. The zero-order valence-corrected chi connectivity index (χ0v) is 10.1. The van der Waals surface area contributed by atoms with Gasteiger partial charge in [0.05, 0.1) is 18.7 Å². The highest BCUT2D eigenvalue weighted by Crippen LogP contribution is 2.10. The molecule has 1 rings (SSSR count). The molecule has 0 fully saturated rings. The number of aliphatic carboxylic acids is 1. The van der Waals surface area contributed by atoms with Crippen molar-refractivity contribution < 1.29 is 19.5 Å². The summed E-state index contributed by atoms with van der Waals surface area (Å²) in [5.74, 6) is -2.10. The van der Waals surface area contributed by atoms with Gasteiger partial charge in [-0.05, 0) is 0 Å². The van der Waals surface area contributed by atoms with Crippen molar-refractivity contribution in [1.29, 1.82) is 0 Å². The number of rotatable bonds is 6. The van der Waals surface area contributed by atoms with Gasteiger partial charge in [-0.2, -0.15) is 0 Å². The first kappa shape index (κ1) is 13.9. The van der Waals surface area contributed by atoms with Crippen molar-refractivity contribution in [3.8, 4) is 0 Å². The Hall–Kier alpha value is -2.16. The first-order valence-corrected chi connectivity index (χ1v) is 5.80. The molecule has 0 unspecified atom stereocenters. The molecule has 0 aliphatic rings. The maximum Gasteiger partial charge on any atom is 0.322 e. The summed E-state index contributed by atoms with van der Waals surface area (Å²) >= 11 is 1.22. The van der Waals surface area contributed by atoms with Crippen molar-refractivity contribution in [1.82, 2.24) is 15.6 Å². The molecule has 0 spiro atoms. The predicted octanol–water partition coefficient (Wildman–Crippen LogP) is -1.42. The van der Waals surface area contributed by atoms with Crippen LogP contribution >= 0.6 is 11.3 Å². The highest BCUT2D eigenvalue weighted by molar-refractivity contribution is 7.13. The summed E-state index contributed by atoms with van der Waals surface area (Å²) in [6.45, 7) is -0.747. The van der Waals surface area contributed by atoms with Gasteiger partial charge in [-0.3, -0.25) is 14.4 Å². The van der Waals surface area contributed by atoms with Crippen LogP contribution in [0.4, 0.5) is 5.13 Å². The van der Waals surface area contributed by atoms with E-state index in [-0.39, 0.29) is 18.9 Å². The monoisotopic (exact) mass is 272 g/mol. The number of carboxylic acids is 1. The number of carbonyl (C=O) groups excluding carboxylic acids is 2. The number of anilines is 1. The minimum absolute atomic E-state index is 0.0277. The van der Waals surface area contributed by atoms with E-state index in [2.05, 4.69) is 15.6 Å². The Bertz CT molecular complexity index is 459. The molecule has 0 saturated carbocycles. The molecule has 0 atom stereocenters. The zero-order chi connectivity index (χ0) is 13.5. The van der Waals surface area contributed by atoms with E-state index in [0.717, 1.165) is 0 Å². The lowest BCUT2D eigenvalue weighted by atomic mass is 10.3. The average Bonchev–Trinajstić information content (AvgIpc) is 2.69. The molecule has 5 N–H and O–H groups in total. The number of hydrogen-bond acceptors (Lipinski definition) is 6. The Balaban J connectivity index is 2.24. The number of carboxylic acid groups (broad SMARTS) is 1. The summed E-state index contributed by atoms with van der Waals surface area (Å²) in [6, 6.07) is 0. The lowest BCUT2D eigenvalue weighted by molar-refractivity contribution is -0.137. The molecule has 0 radical (unpaired) electrons. The highest BCUT2D eigenvalue weighted by atomic mass is 32.1. The van der Waals surface area contributed by atoms with Crippen LogP contribution in [0.3, 0.4) is 0 Å². The second kappa shape index (κ2) is 6.55. The third kappa shape index (κ3) is 5.25. The molecule has 2 amide bonds. The number of nitrogens with two attached hydrogens (primary N) is 1. The molecule has 0 aromatic carbocycles. The summed E-state index contributed by atoms with van der Waals surface area (Å²) in [5, 5.41) is 14.8. The Morgan fingerprint density at radius 1 is 1.28 bits per heavy atom. The second-order valence-electron chi connectivity index (χ2n) is 3.30. The van der Waals surface area contributed by atoms with Crippen molar-refractivity contribution in [2.24, 2.45) is 0 Å². The van der Waals surface area contributed by atoms with Crippen LogP contribution in [-0.2, 0) is 20.8 Å². The number of nitrogens with zero attached hydrogens (tertiary/aromatic N) is 1. The molecular weight excluding hydrogens is 260 g/mol. The third-order valence-electron chi connectivity index (χ3n) is 1.79. The standard InChI is InChI=1S/C9H12N4O4S/c10-9-13-5(4-18-9)1-6(14)11-2-7(15)12-3-8(16)17/h4H,1-3H2,(H2,10,13)(H,11,14)(H,12,15)(H,16,17). The van der Waals surface area contributed by atoms with Crippen LogP contribution < -0.4 is 16.4 Å². The van der Waals surface area contributed by atoms with Crippen LogP contribution in [0.1, 0.15) is 5.69 Å². The van der Waals surface area contributed by atoms with E-state index in [1.807, 2.05) is 0 Å². The number of thiazole rings is 1. The Labute approximate surface area is 106 Å². The van der Waals surface area contributed by atoms with Crippen molar-refractivity contribution in [3.63, 3.8) is 0 Å². The van der Waals surface area contributed by atoms with Crippen molar-refractivity contribution in [2.45, 2.75) is 6.42 Å². The third-order valence-corrected chi connectivity index (χ3v) is 2.52. The number of hydrogen-bond donors (Lipinski definition) is 4. The first-order chi connectivity index (χ1) is 8.47. The summed E-state index contributed by atoms with van der Waals surface area (Å²) in [6.07, 6.45) is 0.0277. The van der Waals surface area contributed by atoms with E-state index in [0.29, 0.717) is 10.8 Å². The van der Waals surface area contributed by atoms with Crippen molar-refractivity contribution >= 4 is 34.3 Å². The Morgan fingerprint density at radius 3 is 2.50 bits per heavy atom. The van der Waals surface area contributed by atoms with Crippen molar-refractivity contribution in [3.05, 3.63) is 11.1 Å². The van der Waals surface area contributed by atoms with Gasteiger partial charge in [0.15, 0.2) is 5.13 Å². The van der Waals surface area contributed by atoms with Crippen molar-refractivity contribution in [2.75, 3.05) is 18.8 Å². The van der Waals surface area contributed by atoms with Gasteiger partial charge >= 0.3 is 5.97 Å². The number of carbonyl (C=O) groups is 3. The minimum Gasteiger partial charge on any atom is -0.480 e. The van der Waals surface area contributed by atoms with Crippen LogP contribution in [0, 0.1) is 0 Å². The molecule has 98 valence electrons. The van der Waals surface area contributed by atoms with E-state index >= 15 is 0 Å². The second-order valence-corrected chi connectivity index (χ2v) is 4.19. The normalized spacial score (nSPS) is 9.78. The molecule has 0 aliphatic carbocycles. The lowest BCUT2D eigenvalue weighted by Gasteiger charge is -2.04. The van der Waals surface area contributed by atoms with Gasteiger partial charge < -0.3 is 21.5 Å². The predicted molar refractivity (Wildman–Crippen MR) is 63.9 cm³/mol. The maximum atomic E-state index is 11.4. The quantitative estimate of drug-likeness (QED) is 0.502. The summed E-state index contributed by atoms with van der Waals surface area (Å²) in [7, 11) is 0. The summed E-state index contributed by atoms with van der Waals surface area (Å²) in [5.41, 5.74) is 5.93. The Kier molecular flexibility index (Phi) is 5.06. The van der Waals surface area contributed by atoms with Crippen LogP contribution in [-0.4, -0.2) is 41.0 Å². The van der Waals surface area contributed by atoms with Crippen LogP contribution in [0.5, 0.6) is 0 Å². The summed E-state index contributed by atoms with van der Waals surface area (Å²) < 4.78 is 0. The van der Waals surface area contributed by atoms with Gasteiger partial charge in [-0.25, -0.2) is 4.98 Å². The maximum absolute atomic E-state index is 11.4. The number of amides is 2. The molecular formula is C9H12N4O4S. The molecule has 1 aromatic rings. The average molecular weight is 272 g/mol. The lowest BCUT2D eigenvalue weighted by Crippen LogP contribution is -2.39. The van der Waals surface area contributed by atoms with Gasteiger partial charge in [0.2, 0.25) is 11.8 Å². The molecule has 0 saturated heterocycles. The molecule has 1 aromatic heterocycles. The fourth-order valence-corrected chi connectivity index (χ4v) is 1.61. The van der Waals surface area contributed by atoms with E-state index in [1.165, 1.54) is 11.3 Å². The van der Waals surface area contributed by atoms with Crippen LogP contribution in [0.2, 0.25) is 0 Å². The first-order valence-electron chi connectivity index (χ1n) is 4.92. The van der Waals surface area contributed by atoms with Gasteiger partial charge in [0, 0.05) is 5.38 Å². The smallest absolute Gasteiger partial charge is 0.322 e. The number of aromatic nitrogens is 1. The van der Waals surface area contributed by atoms with Crippen LogP contribution in [0.15, 0.2) is 5.38 Å². The van der Waals surface area contributed by atoms with Gasteiger partial charge in [0.1, 0.15) is 6.54 Å². The van der Waals surface area contributed by atoms with Gasteiger partial charge in [-0.15, -0.1) is 11.3 Å². The van der Waals surface area contributed by atoms with Gasteiger partial charge in [-0.1, -0.05) is 0 Å². The van der Waals surface area contributed by atoms with Gasteiger partial charge in [0.25, 0.3) is 0 Å². The zero-order valence-electron chi connectivity index (χ0n) is 9.30. The largest absolute Gasteiger partial charge is 0.480 e. The SMILES string of the molecule is Nc1nc(CC(=O)NCC(=O)NCC(=O)O)cs1. The number of nitrogens with one attached hydrogen (secondary N) is 2. The minimum atomic E-state index is -1.15. The number of nitrogen functional groups attached to an aromatic ring is 1. The summed E-state index contributed by atoms with van der Waals surface area (Å²) in [4.78, 5) is 36.5. The molecule has 8 nitrogen and oxygen atoms in total. The van der Waals surface area contributed by atoms with E-state index in [4.69, 9.17) is 10.8 Å². The molecule has 0 aliphatic heterocycles. The Morgan fingerprint density at radius 2 is 1.94 bits per heavy atom. The molecule has 18 heavy (non-hydrogen) atoms. The highest BCUT2D eigenvalue weighted by Gasteiger charge is 2.09. The molecule has 0 bridgehead atoms. The fourth-order valence-electron chi connectivity index (χ4n) is 1.05. The van der Waals surface area contributed by atoms with E-state index < -0.39 is 18.4 Å². The van der Waals surface area contributed by atoms with Crippen LogP contribution in [0.25, 0.3) is 0 Å². The molecule has 1 heterocycles. The van der Waals surface area contributed by atoms with E-state index in [9.17, 15) is 14.4 Å².